The number of likely N-dealkylation sites (N-methyl/N-ethyl adjacent to an activating group) is 1. The molecule has 0 aliphatic carbocycles. The molecule has 1 fully saturated rings. The van der Waals surface area contributed by atoms with Crippen LogP contribution in [0, 0.1) is 5.92 Å². The van der Waals surface area contributed by atoms with Gasteiger partial charge in [-0.05, 0) is 53.4 Å². The van der Waals surface area contributed by atoms with Crippen LogP contribution in [0.15, 0.2) is 97.1 Å². The zero-order valence-corrected chi connectivity index (χ0v) is 24.0. The van der Waals surface area contributed by atoms with Gasteiger partial charge in [0.05, 0.1) is 39.3 Å². The van der Waals surface area contributed by atoms with E-state index in [9.17, 15) is 4.79 Å². The first-order valence-corrected chi connectivity index (χ1v) is 14.0. The van der Waals surface area contributed by atoms with Crippen LogP contribution in [-0.4, -0.2) is 51.3 Å². The lowest BCUT2D eigenvalue weighted by molar-refractivity contribution is -0.133. The summed E-state index contributed by atoms with van der Waals surface area (Å²) in [6.45, 7) is 0.454. The summed E-state index contributed by atoms with van der Waals surface area (Å²) in [6.07, 6.45) is 0.758. The van der Waals surface area contributed by atoms with Crippen LogP contribution >= 0.6 is 0 Å². The third-order valence-electron chi connectivity index (χ3n) is 8.79. The summed E-state index contributed by atoms with van der Waals surface area (Å²) in [5.41, 5.74) is 5.64. The quantitative estimate of drug-likeness (QED) is 0.273. The van der Waals surface area contributed by atoms with Gasteiger partial charge in [-0.2, -0.15) is 0 Å². The summed E-state index contributed by atoms with van der Waals surface area (Å²) in [5, 5.41) is 0. The number of methoxy groups -OCH3 is 3. The molecule has 2 aliphatic rings. The van der Waals surface area contributed by atoms with E-state index in [1.165, 1.54) is 16.8 Å². The normalized spacial score (nSPS) is 21.3. The van der Waals surface area contributed by atoms with Gasteiger partial charge in [-0.25, -0.2) is 0 Å². The molecule has 210 valence electrons. The van der Waals surface area contributed by atoms with Crippen LogP contribution in [0.5, 0.6) is 17.2 Å². The molecule has 1 amide bonds. The molecule has 0 aromatic heterocycles. The number of carbonyl (C=O) groups excluding carboxylic acids is 1. The van der Waals surface area contributed by atoms with Gasteiger partial charge in [0.25, 0.3) is 0 Å². The number of nitrogens with zero attached hydrogens (tertiary/aromatic N) is 2. The van der Waals surface area contributed by atoms with Crippen molar-refractivity contribution >= 4 is 11.6 Å². The summed E-state index contributed by atoms with van der Waals surface area (Å²) >= 11 is 0. The number of anilines is 1. The summed E-state index contributed by atoms with van der Waals surface area (Å²) in [7, 11) is 7.13. The summed E-state index contributed by atoms with van der Waals surface area (Å²) < 4.78 is 16.6. The number of rotatable bonds is 8. The Kier molecular flexibility index (Phi) is 7.31. The largest absolute Gasteiger partial charge is 0.497 e. The lowest BCUT2D eigenvalue weighted by Crippen LogP contribution is -2.50. The van der Waals surface area contributed by atoms with Gasteiger partial charge in [-0.1, -0.05) is 60.7 Å². The van der Waals surface area contributed by atoms with Gasteiger partial charge < -0.3 is 24.0 Å². The SMILES string of the molecule is COc1ccc([C@H]2c3ccccc3N(C)[C@@H]3[C@@H]2C(=O)N(Cc2ccc(OC)cc2OC)[C@H]3Cc2ccccc2)cc1. The Morgan fingerprint density at radius 2 is 1.44 bits per heavy atom. The Labute approximate surface area is 242 Å². The first-order chi connectivity index (χ1) is 20.0. The monoisotopic (exact) mass is 548 g/mol. The molecule has 41 heavy (non-hydrogen) atoms. The highest BCUT2D eigenvalue weighted by molar-refractivity contribution is 5.87. The van der Waals surface area contributed by atoms with Crippen LogP contribution in [0.4, 0.5) is 5.69 Å². The van der Waals surface area contributed by atoms with Crippen molar-refractivity contribution in [3.05, 3.63) is 119 Å². The zero-order valence-electron chi connectivity index (χ0n) is 24.0. The van der Waals surface area contributed by atoms with Crippen molar-refractivity contribution < 1.29 is 19.0 Å². The number of fused-ring (bicyclic) bond motifs is 2. The van der Waals surface area contributed by atoms with Crippen molar-refractivity contribution in [1.29, 1.82) is 0 Å². The molecule has 1 saturated heterocycles. The van der Waals surface area contributed by atoms with E-state index in [2.05, 4.69) is 77.5 Å². The zero-order chi connectivity index (χ0) is 28.5. The number of carbonyl (C=O) groups is 1. The van der Waals surface area contributed by atoms with Gasteiger partial charge in [-0.15, -0.1) is 0 Å². The second-order valence-electron chi connectivity index (χ2n) is 10.8. The fraction of sp³-hybridized carbons (Fsp3) is 0.286. The summed E-state index contributed by atoms with van der Waals surface area (Å²) in [4.78, 5) is 19.2. The van der Waals surface area contributed by atoms with Crippen LogP contribution in [0.25, 0.3) is 0 Å². The van der Waals surface area contributed by atoms with Crippen LogP contribution in [0.1, 0.15) is 28.2 Å². The molecule has 6 rings (SSSR count). The number of ether oxygens (including phenoxy) is 3. The summed E-state index contributed by atoms with van der Waals surface area (Å²) in [5.74, 6) is 2.08. The Balaban J connectivity index is 1.48. The van der Waals surface area contributed by atoms with E-state index in [0.29, 0.717) is 12.3 Å². The third kappa shape index (κ3) is 4.77. The minimum atomic E-state index is -0.249. The molecule has 2 heterocycles. The molecular weight excluding hydrogens is 512 g/mol. The maximum Gasteiger partial charge on any atom is 0.229 e. The molecular formula is C35H36N2O4. The first-order valence-electron chi connectivity index (χ1n) is 14.0. The van der Waals surface area contributed by atoms with E-state index in [-0.39, 0.29) is 29.8 Å². The number of benzene rings is 4. The highest BCUT2D eigenvalue weighted by Gasteiger charge is 2.56. The third-order valence-corrected chi connectivity index (χ3v) is 8.79. The maximum atomic E-state index is 14.7. The molecule has 0 N–H and O–H groups in total. The Morgan fingerprint density at radius 1 is 0.756 bits per heavy atom. The fourth-order valence-electron chi connectivity index (χ4n) is 6.84. The van der Waals surface area contributed by atoms with Crippen molar-refractivity contribution in [1.82, 2.24) is 4.90 Å². The van der Waals surface area contributed by atoms with Crippen molar-refractivity contribution in [2.24, 2.45) is 5.92 Å². The number of para-hydroxylation sites is 1. The second kappa shape index (κ2) is 11.2. The number of hydrogen-bond donors (Lipinski definition) is 0. The van der Waals surface area contributed by atoms with E-state index in [1.807, 2.05) is 36.4 Å². The number of likely N-dealkylation sites (tertiary alicyclic amines) is 1. The Morgan fingerprint density at radius 3 is 2.15 bits per heavy atom. The molecule has 0 spiro atoms. The predicted molar refractivity (Wildman–Crippen MR) is 161 cm³/mol. The van der Waals surface area contributed by atoms with E-state index >= 15 is 0 Å². The molecule has 4 atom stereocenters. The van der Waals surface area contributed by atoms with Gasteiger partial charge in [0.1, 0.15) is 17.2 Å². The van der Waals surface area contributed by atoms with E-state index < -0.39 is 0 Å². The van der Waals surface area contributed by atoms with Crippen LogP contribution in [-0.2, 0) is 17.8 Å². The second-order valence-corrected chi connectivity index (χ2v) is 10.8. The lowest BCUT2D eigenvalue weighted by atomic mass is 9.72. The van der Waals surface area contributed by atoms with E-state index in [0.717, 1.165) is 29.0 Å². The fourth-order valence-corrected chi connectivity index (χ4v) is 6.84. The topological polar surface area (TPSA) is 51.2 Å². The average molecular weight is 549 g/mol. The van der Waals surface area contributed by atoms with Gasteiger partial charge in [0, 0.05) is 36.8 Å². The van der Waals surface area contributed by atoms with Crippen molar-refractivity contribution in [2.45, 2.75) is 31.0 Å². The molecule has 6 nitrogen and oxygen atoms in total. The standard InChI is InChI=1S/C35H36N2O4/c1-36-29-13-9-8-12-28(29)32(24-14-17-26(39-2)18-15-24)33-34(36)30(20-23-10-6-5-7-11-23)37(35(33)38)22-25-16-19-27(40-3)21-31(25)41-4/h5-19,21,30,32-34H,20,22H2,1-4H3/t30-,32-,33+,34-/m0/s1. The van der Waals surface area contributed by atoms with E-state index in [4.69, 9.17) is 14.2 Å². The van der Waals surface area contributed by atoms with Crippen LogP contribution in [0.2, 0.25) is 0 Å². The van der Waals surface area contributed by atoms with Gasteiger partial charge in [0.2, 0.25) is 5.91 Å². The average Bonchev–Trinajstić information content (AvgIpc) is 3.28. The molecule has 0 bridgehead atoms. The molecule has 4 aromatic carbocycles. The van der Waals surface area contributed by atoms with Crippen molar-refractivity contribution in [3.63, 3.8) is 0 Å². The predicted octanol–water partition coefficient (Wildman–Crippen LogP) is 5.93. The van der Waals surface area contributed by atoms with E-state index in [1.54, 1.807) is 21.3 Å². The minimum absolute atomic E-state index is 0.0195. The molecule has 0 unspecified atom stereocenters. The highest BCUT2D eigenvalue weighted by atomic mass is 16.5. The maximum absolute atomic E-state index is 14.7. The van der Waals surface area contributed by atoms with Crippen molar-refractivity contribution in [3.8, 4) is 17.2 Å². The lowest BCUT2D eigenvalue weighted by Gasteiger charge is -2.44. The van der Waals surface area contributed by atoms with Gasteiger partial charge >= 0.3 is 0 Å². The molecule has 2 aliphatic heterocycles. The Hall–Kier alpha value is -4.45. The first kappa shape index (κ1) is 26.8. The smallest absolute Gasteiger partial charge is 0.229 e. The molecule has 0 saturated carbocycles. The number of hydrogen-bond acceptors (Lipinski definition) is 5. The van der Waals surface area contributed by atoms with Crippen LogP contribution < -0.4 is 19.1 Å². The Bertz CT molecular complexity index is 1520. The van der Waals surface area contributed by atoms with Crippen molar-refractivity contribution in [2.75, 3.05) is 33.3 Å². The van der Waals surface area contributed by atoms with Gasteiger partial charge in [0.15, 0.2) is 0 Å². The summed E-state index contributed by atoms with van der Waals surface area (Å²) in [6, 6.07) is 33.0. The van der Waals surface area contributed by atoms with Gasteiger partial charge in [-0.3, -0.25) is 4.79 Å². The number of amides is 1. The molecule has 0 radical (unpaired) electrons. The molecule has 4 aromatic rings. The van der Waals surface area contributed by atoms with Crippen LogP contribution in [0.3, 0.4) is 0 Å². The minimum Gasteiger partial charge on any atom is -0.497 e. The molecule has 6 heteroatoms. The highest BCUT2D eigenvalue weighted by Crippen LogP contribution is 2.51.